The molecule has 0 aromatic heterocycles. The zero-order valence-electron chi connectivity index (χ0n) is 22.3. The number of carbonyl (C=O) groups is 2. The minimum absolute atomic E-state index is 0.00488. The number of halogens is 3. The second kappa shape index (κ2) is 14.7. The molecule has 3 rings (SSSR count). The maximum absolute atomic E-state index is 13.8. The molecule has 3 aromatic carbocycles. The molecule has 0 aliphatic rings. The highest BCUT2D eigenvalue weighted by Gasteiger charge is 2.31. The number of nitrogens with one attached hydrogen (secondary N) is 1. The van der Waals surface area contributed by atoms with Crippen LogP contribution in [0.3, 0.4) is 0 Å². The molecule has 0 aliphatic heterocycles. The van der Waals surface area contributed by atoms with Crippen molar-refractivity contribution < 1.29 is 18.0 Å². The smallest absolute Gasteiger partial charge is 0.243 e. The van der Waals surface area contributed by atoms with Crippen LogP contribution in [0.4, 0.5) is 5.69 Å². The first-order valence-electron chi connectivity index (χ1n) is 12.8. The van der Waals surface area contributed by atoms with Gasteiger partial charge >= 0.3 is 0 Å². The number of hydrogen-bond donors (Lipinski definition) is 1. The van der Waals surface area contributed by atoms with E-state index < -0.39 is 16.1 Å². The number of anilines is 1. The van der Waals surface area contributed by atoms with Crippen LogP contribution in [0.1, 0.15) is 30.9 Å². The van der Waals surface area contributed by atoms with Crippen molar-refractivity contribution in [3.63, 3.8) is 0 Å². The van der Waals surface area contributed by atoms with Gasteiger partial charge in [0.2, 0.25) is 21.8 Å². The molecule has 0 spiro atoms. The maximum atomic E-state index is 13.8. The van der Waals surface area contributed by atoms with Crippen LogP contribution in [0.25, 0.3) is 0 Å². The van der Waals surface area contributed by atoms with Gasteiger partial charge < -0.3 is 10.2 Å². The Morgan fingerprint density at radius 3 is 2.25 bits per heavy atom. The van der Waals surface area contributed by atoms with Crippen LogP contribution in [0.15, 0.2) is 72.8 Å². The van der Waals surface area contributed by atoms with Crippen molar-refractivity contribution >= 4 is 62.3 Å². The molecule has 0 radical (unpaired) electrons. The summed E-state index contributed by atoms with van der Waals surface area (Å²) in [5.41, 5.74) is 1.83. The minimum atomic E-state index is -3.72. The van der Waals surface area contributed by atoms with E-state index in [1.54, 1.807) is 18.2 Å². The molecule has 0 bridgehead atoms. The third-order valence-electron chi connectivity index (χ3n) is 6.25. The highest BCUT2D eigenvalue weighted by Crippen LogP contribution is 2.31. The van der Waals surface area contributed by atoms with E-state index in [4.69, 9.17) is 34.8 Å². The molecule has 0 saturated heterocycles. The lowest BCUT2D eigenvalue weighted by atomic mass is 10.0. The van der Waals surface area contributed by atoms with E-state index in [0.29, 0.717) is 28.6 Å². The topological polar surface area (TPSA) is 86.8 Å². The Morgan fingerprint density at radius 2 is 1.60 bits per heavy atom. The molecule has 1 atom stereocenters. The van der Waals surface area contributed by atoms with Crippen LogP contribution in [-0.2, 0) is 32.6 Å². The number of hydrogen-bond acceptors (Lipinski definition) is 4. The average molecular weight is 625 g/mol. The second-order valence-electron chi connectivity index (χ2n) is 9.25. The van der Waals surface area contributed by atoms with Crippen LogP contribution in [-0.4, -0.2) is 50.5 Å². The number of benzene rings is 3. The number of rotatable bonds is 13. The van der Waals surface area contributed by atoms with Crippen LogP contribution >= 0.6 is 34.8 Å². The Labute approximate surface area is 251 Å². The predicted molar refractivity (Wildman–Crippen MR) is 163 cm³/mol. The largest absolute Gasteiger partial charge is 0.355 e. The van der Waals surface area contributed by atoms with E-state index in [0.717, 1.165) is 16.1 Å². The Bertz CT molecular complexity index is 1420. The second-order valence-corrected chi connectivity index (χ2v) is 12.4. The van der Waals surface area contributed by atoms with Crippen molar-refractivity contribution in [2.75, 3.05) is 23.7 Å². The zero-order chi connectivity index (χ0) is 29.3. The Kier molecular flexibility index (Phi) is 11.7. The van der Waals surface area contributed by atoms with Crippen molar-refractivity contribution in [3.8, 4) is 0 Å². The molecule has 3 aromatic rings. The summed E-state index contributed by atoms with van der Waals surface area (Å²) in [4.78, 5) is 28.6. The van der Waals surface area contributed by atoms with Crippen LogP contribution in [0.2, 0.25) is 15.1 Å². The summed E-state index contributed by atoms with van der Waals surface area (Å²) in [7, 11) is -3.72. The summed E-state index contributed by atoms with van der Waals surface area (Å²) in [6, 6.07) is 20.4. The molecule has 11 heteroatoms. The van der Waals surface area contributed by atoms with Crippen molar-refractivity contribution in [2.24, 2.45) is 0 Å². The van der Waals surface area contributed by atoms with Gasteiger partial charge in [0.05, 0.1) is 17.0 Å². The van der Waals surface area contributed by atoms with Crippen molar-refractivity contribution in [3.05, 3.63) is 99.0 Å². The van der Waals surface area contributed by atoms with Gasteiger partial charge in [-0.1, -0.05) is 83.3 Å². The summed E-state index contributed by atoms with van der Waals surface area (Å²) >= 11 is 18.8. The third-order valence-corrected chi connectivity index (χ3v) is 8.35. The fourth-order valence-corrected chi connectivity index (χ4v) is 5.92. The number of likely N-dealkylation sites (N-methyl/N-ethyl adjacent to an activating group) is 1. The van der Waals surface area contributed by atoms with Gasteiger partial charge in [0.25, 0.3) is 0 Å². The lowest BCUT2D eigenvalue weighted by molar-refractivity contribution is -0.141. The van der Waals surface area contributed by atoms with Gasteiger partial charge in [-0.05, 0) is 48.7 Å². The molecule has 0 aliphatic carbocycles. The van der Waals surface area contributed by atoms with Crippen molar-refractivity contribution in [2.45, 2.75) is 38.8 Å². The lowest BCUT2D eigenvalue weighted by Gasteiger charge is -2.32. The van der Waals surface area contributed by atoms with Crippen LogP contribution in [0.5, 0.6) is 0 Å². The van der Waals surface area contributed by atoms with Crippen LogP contribution < -0.4 is 9.62 Å². The van der Waals surface area contributed by atoms with E-state index in [9.17, 15) is 18.0 Å². The quantitative estimate of drug-likeness (QED) is 0.254. The number of carbonyl (C=O) groups excluding carboxylic acids is 2. The monoisotopic (exact) mass is 623 g/mol. The summed E-state index contributed by atoms with van der Waals surface area (Å²) in [6.45, 7) is 2.33. The zero-order valence-corrected chi connectivity index (χ0v) is 25.4. The van der Waals surface area contributed by atoms with Gasteiger partial charge in [0.1, 0.15) is 6.04 Å². The maximum Gasteiger partial charge on any atom is 0.243 e. The van der Waals surface area contributed by atoms with Gasteiger partial charge in [0.15, 0.2) is 0 Å². The molecule has 0 unspecified atom stereocenters. The minimum Gasteiger partial charge on any atom is -0.355 e. The van der Waals surface area contributed by atoms with E-state index in [1.807, 2.05) is 49.4 Å². The summed E-state index contributed by atoms with van der Waals surface area (Å²) in [5, 5.41) is 3.89. The fraction of sp³-hybridized carbons (Fsp3) is 0.310. The first kappa shape index (κ1) is 31.7. The molecule has 0 heterocycles. The van der Waals surface area contributed by atoms with Crippen molar-refractivity contribution in [1.29, 1.82) is 0 Å². The van der Waals surface area contributed by atoms with Gasteiger partial charge in [-0.2, -0.15) is 0 Å². The highest BCUT2D eigenvalue weighted by molar-refractivity contribution is 7.92. The molecule has 1 N–H and O–H groups in total. The normalized spacial score (nSPS) is 12.0. The molecule has 0 saturated carbocycles. The third kappa shape index (κ3) is 8.86. The Balaban J connectivity index is 1.89. The summed E-state index contributed by atoms with van der Waals surface area (Å²) in [6.07, 6.45) is 1.54. The van der Waals surface area contributed by atoms with E-state index in [1.165, 1.54) is 17.0 Å². The molecule has 40 heavy (non-hydrogen) atoms. The standard InChI is InChI=1S/C29H32Cl3N3O4S/c1-3-33-29(37)27(18-21-10-5-4-6-11-21)34(20-22-12-7-8-13-24(22)31)28(36)14-9-17-35(40(2,38)39)26-19-23(30)15-16-25(26)32/h4-8,10-13,15-16,19,27H,3,9,14,17-18,20H2,1-2H3,(H,33,37)/t27-/m1/s1. The van der Waals surface area contributed by atoms with Gasteiger partial charge in [-0.15, -0.1) is 0 Å². The number of nitrogens with zero attached hydrogens (tertiary/aromatic N) is 2. The molecule has 214 valence electrons. The molecular weight excluding hydrogens is 593 g/mol. The number of sulfonamides is 1. The first-order valence-corrected chi connectivity index (χ1v) is 15.8. The number of amides is 2. The van der Waals surface area contributed by atoms with E-state index >= 15 is 0 Å². The van der Waals surface area contributed by atoms with Crippen molar-refractivity contribution in [1.82, 2.24) is 10.2 Å². The summed E-state index contributed by atoms with van der Waals surface area (Å²) < 4.78 is 26.4. The van der Waals surface area contributed by atoms with Crippen LogP contribution in [0, 0.1) is 0 Å². The molecule has 2 amide bonds. The van der Waals surface area contributed by atoms with Gasteiger partial charge in [-0.25, -0.2) is 8.42 Å². The first-order chi connectivity index (χ1) is 19.0. The molecular formula is C29H32Cl3N3O4S. The Morgan fingerprint density at radius 1 is 0.925 bits per heavy atom. The average Bonchev–Trinajstić information content (AvgIpc) is 2.91. The fourth-order valence-electron chi connectivity index (χ4n) is 4.32. The van der Waals surface area contributed by atoms with Gasteiger partial charge in [0, 0.05) is 42.5 Å². The van der Waals surface area contributed by atoms with E-state index in [-0.39, 0.29) is 48.5 Å². The Hall–Kier alpha value is -2.78. The summed E-state index contributed by atoms with van der Waals surface area (Å²) in [5.74, 6) is -0.590. The SMILES string of the molecule is CCNC(=O)[C@@H](Cc1ccccc1)N(Cc1ccccc1Cl)C(=O)CCCN(c1cc(Cl)ccc1Cl)S(C)(=O)=O. The molecule has 7 nitrogen and oxygen atoms in total. The molecule has 0 fully saturated rings. The predicted octanol–water partition coefficient (Wildman–Crippen LogP) is 5.97. The lowest BCUT2D eigenvalue weighted by Crippen LogP contribution is -2.50. The van der Waals surface area contributed by atoms with Gasteiger partial charge in [-0.3, -0.25) is 13.9 Å². The highest BCUT2D eigenvalue weighted by atomic mass is 35.5. The van der Waals surface area contributed by atoms with E-state index in [2.05, 4.69) is 5.32 Å².